The van der Waals surface area contributed by atoms with Gasteiger partial charge in [-0.25, -0.2) is 0 Å². The van der Waals surface area contributed by atoms with Crippen LogP contribution in [0.2, 0.25) is 0 Å². The molecule has 1 aliphatic heterocycles. The fraction of sp³-hybridized carbons (Fsp3) is 0.667. The van der Waals surface area contributed by atoms with Crippen LogP contribution < -0.4 is 5.73 Å². The van der Waals surface area contributed by atoms with Crippen molar-refractivity contribution in [3.63, 3.8) is 0 Å². The lowest BCUT2D eigenvalue weighted by molar-refractivity contribution is 0.189. The molecule has 118 valence electrons. The van der Waals surface area contributed by atoms with Crippen molar-refractivity contribution in [3.8, 4) is 0 Å². The molecular weight excluding hydrogens is 258 g/mol. The molecule has 4 atom stereocenters. The Morgan fingerprint density at radius 1 is 1.29 bits per heavy atom. The zero-order valence-corrected chi connectivity index (χ0v) is 14.2. The molecule has 2 N–H and O–H groups in total. The van der Waals surface area contributed by atoms with Gasteiger partial charge in [0, 0.05) is 25.2 Å². The van der Waals surface area contributed by atoms with E-state index in [9.17, 15) is 0 Å². The van der Waals surface area contributed by atoms with E-state index in [1.165, 1.54) is 11.1 Å². The van der Waals surface area contributed by atoms with Crippen molar-refractivity contribution in [1.29, 1.82) is 0 Å². The predicted octanol–water partition coefficient (Wildman–Crippen LogP) is 2.66. The summed E-state index contributed by atoms with van der Waals surface area (Å²) in [6.45, 7) is 9.00. The number of nitrogens with zero attached hydrogens (tertiary/aromatic N) is 2. The number of benzene rings is 1. The molecule has 0 radical (unpaired) electrons. The van der Waals surface area contributed by atoms with Crippen LogP contribution in [0.25, 0.3) is 0 Å². The van der Waals surface area contributed by atoms with Crippen LogP contribution in [0.4, 0.5) is 0 Å². The third kappa shape index (κ3) is 3.47. The minimum Gasteiger partial charge on any atom is -0.326 e. The third-order valence-corrected chi connectivity index (χ3v) is 5.04. The Balaban J connectivity index is 2.28. The Labute approximate surface area is 130 Å². The van der Waals surface area contributed by atoms with Crippen molar-refractivity contribution in [2.45, 2.75) is 45.3 Å². The Bertz CT molecular complexity index is 458. The highest BCUT2D eigenvalue weighted by Gasteiger charge is 2.37. The van der Waals surface area contributed by atoms with Crippen LogP contribution in [0.1, 0.15) is 37.4 Å². The minimum absolute atomic E-state index is 0.194. The van der Waals surface area contributed by atoms with E-state index in [1.807, 2.05) is 0 Å². The van der Waals surface area contributed by atoms with Crippen LogP contribution in [0.3, 0.4) is 0 Å². The molecule has 21 heavy (non-hydrogen) atoms. The van der Waals surface area contributed by atoms with E-state index in [1.54, 1.807) is 0 Å². The number of hydrogen-bond acceptors (Lipinski definition) is 3. The molecule has 0 bridgehead atoms. The Morgan fingerprint density at radius 3 is 2.48 bits per heavy atom. The van der Waals surface area contributed by atoms with Crippen molar-refractivity contribution in [2.24, 2.45) is 11.7 Å². The normalized spacial score (nSPS) is 26.2. The van der Waals surface area contributed by atoms with Crippen molar-refractivity contribution in [3.05, 3.63) is 35.4 Å². The smallest absolute Gasteiger partial charge is 0.0502 e. The fourth-order valence-corrected chi connectivity index (χ4v) is 3.73. The Hall–Kier alpha value is -0.900. The van der Waals surface area contributed by atoms with Crippen LogP contribution in [0, 0.1) is 12.8 Å². The monoisotopic (exact) mass is 289 g/mol. The van der Waals surface area contributed by atoms with Gasteiger partial charge in [-0.2, -0.15) is 0 Å². The minimum atomic E-state index is 0.194. The second-order valence-electron chi connectivity index (χ2n) is 6.84. The standard InChI is InChI=1S/C18H31N3/c1-6-16(19)18(15-10-8-7-9-13(15)2)21-11-14(3)17(12-21)20(4)5/h7-10,14,16-18H,6,11-12,19H2,1-5H3. The molecule has 4 unspecified atom stereocenters. The van der Waals surface area contributed by atoms with Crippen LogP contribution in [0.15, 0.2) is 24.3 Å². The van der Waals surface area contributed by atoms with E-state index in [4.69, 9.17) is 5.73 Å². The lowest BCUT2D eigenvalue weighted by Crippen LogP contribution is -2.41. The molecule has 0 aromatic heterocycles. The van der Waals surface area contributed by atoms with Crippen molar-refractivity contribution in [1.82, 2.24) is 9.80 Å². The van der Waals surface area contributed by atoms with Crippen LogP contribution >= 0.6 is 0 Å². The molecule has 0 spiro atoms. The van der Waals surface area contributed by atoms with Gasteiger partial charge in [0.15, 0.2) is 0 Å². The van der Waals surface area contributed by atoms with Crippen molar-refractivity contribution >= 4 is 0 Å². The highest BCUT2D eigenvalue weighted by Crippen LogP contribution is 2.33. The Morgan fingerprint density at radius 2 is 1.95 bits per heavy atom. The highest BCUT2D eigenvalue weighted by molar-refractivity contribution is 5.30. The highest BCUT2D eigenvalue weighted by atomic mass is 15.3. The number of nitrogens with two attached hydrogens (primary N) is 1. The molecule has 1 saturated heterocycles. The van der Waals surface area contributed by atoms with E-state index in [-0.39, 0.29) is 6.04 Å². The molecule has 1 aromatic rings. The number of likely N-dealkylation sites (N-methyl/N-ethyl adjacent to an activating group) is 1. The van der Waals surface area contributed by atoms with Gasteiger partial charge in [0.25, 0.3) is 0 Å². The predicted molar refractivity (Wildman–Crippen MR) is 90.4 cm³/mol. The molecule has 1 aromatic carbocycles. The maximum Gasteiger partial charge on any atom is 0.0502 e. The number of likely N-dealkylation sites (tertiary alicyclic amines) is 1. The fourth-order valence-electron chi connectivity index (χ4n) is 3.73. The molecule has 0 aliphatic carbocycles. The molecule has 0 amide bonds. The summed E-state index contributed by atoms with van der Waals surface area (Å²) in [4.78, 5) is 4.96. The Kier molecular flexibility index (Phi) is 5.42. The number of aryl methyl sites for hydroxylation is 1. The first-order chi connectivity index (χ1) is 9.95. The van der Waals surface area contributed by atoms with E-state index >= 15 is 0 Å². The average molecular weight is 289 g/mol. The molecule has 3 nitrogen and oxygen atoms in total. The second kappa shape index (κ2) is 6.91. The molecule has 1 heterocycles. The average Bonchev–Trinajstić information content (AvgIpc) is 2.83. The molecule has 2 rings (SSSR count). The van der Waals surface area contributed by atoms with Gasteiger partial charge in [0.05, 0.1) is 6.04 Å². The quantitative estimate of drug-likeness (QED) is 0.904. The summed E-state index contributed by atoms with van der Waals surface area (Å²) in [6.07, 6.45) is 1.01. The molecule has 3 heteroatoms. The SMILES string of the molecule is CCC(N)C(c1ccccc1C)N1CC(C)C(N(C)C)C1. The lowest BCUT2D eigenvalue weighted by Gasteiger charge is -2.34. The second-order valence-corrected chi connectivity index (χ2v) is 6.84. The summed E-state index contributed by atoms with van der Waals surface area (Å²) in [5.74, 6) is 0.690. The van der Waals surface area contributed by atoms with Gasteiger partial charge in [-0.1, -0.05) is 38.1 Å². The largest absolute Gasteiger partial charge is 0.326 e. The van der Waals surface area contributed by atoms with Gasteiger partial charge in [-0.3, -0.25) is 4.90 Å². The molecule has 1 aliphatic rings. The number of rotatable bonds is 5. The first kappa shape index (κ1) is 16.5. The van der Waals surface area contributed by atoms with Crippen LogP contribution in [-0.4, -0.2) is 49.1 Å². The van der Waals surface area contributed by atoms with E-state index in [2.05, 4.69) is 68.9 Å². The summed E-state index contributed by atoms with van der Waals surface area (Å²) in [5, 5.41) is 0. The third-order valence-electron chi connectivity index (χ3n) is 5.04. The molecule has 1 fully saturated rings. The van der Waals surface area contributed by atoms with Gasteiger partial charge < -0.3 is 10.6 Å². The topological polar surface area (TPSA) is 32.5 Å². The van der Waals surface area contributed by atoms with Crippen molar-refractivity contribution in [2.75, 3.05) is 27.2 Å². The maximum absolute atomic E-state index is 6.51. The van der Waals surface area contributed by atoms with Crippen LogP contribution in [-0.2, 0) is 0 Å². The first-order valence-corrected chi connectivity index (χ1v) is 8.17. The van der Waals surface area contributed by atoms with Gasteiger partial charge in [-0.05, 0) is 44.5 Å². The van der Waals surface area contributed by atoms with E-state index in [0.717, 1.165) is 19.5 Å². The van der Waals surface area contributed by atoms with Crippen molar-refractivity contribution < 1.29 is 0 Å². The summed E-state index contributed by atoms with van der Waals surface area (Å²) in [5.41, 5.74) is 9.27. The van der Waals surface area contributed by atoms with Gasteiger partial charge in [-0.15, -0.1) is 0 Å². The maximum atomic E-state index is 6.51. The zero-order chi connectivity index (χ0) is 15.6. The van der Waals surface area contributed by atoms with E-state index < -0.39 is 0 Å². The molecule has 0 saturated carbocycles. The first-order valence-electron chi connectivity index (χ1n) is 8.17. The summed E-state index contributed by atoms with van der Waals surface area (Å²) >= 11 is 0. The molecular formula is C18H31N3. The van der Waals surface area contributed by atoms with Gasteiger partial charge in [0.1, 0.15) is 0 Å². The van der Waals surface area contributed by atoms with Gasteiger partial charge in [0.2, 0.25) is 0 Å². The summed E-state index contributed by atoms with van der Waals surface area (Å²) < 4.78 is 0. The van der Waals surface area contributed by atoms with Crippen LogP contribution in [0.5, 0.6) is 0 Å². The van der Waals surface area contributed by atoms with E-state index in [0.29, 0.717) is 18.0 Å². The number of hydrogen-bond donors (Lipinski definition) is 1. The zero-order valence-electron chi connectivity index (χ0n) is 14.2. The summed E-state index contributed by atoms with van der Waals surface area (Å²) in [6, 6.07) is 9.86. The summed E-state index contributed by atoms with van der Waals surface area (Å²) in [7, 11) is 4.38. The lowest BCUT2D eigenvalue weighted by atomic mass is 9.93. The van der Waals surface area contributed by atoms with Gasteiger partial charge >= 0.3 is 0 Å².